The van der Waals surface area contributed by atoms with Crippen LogP contribution in [0.4, 0.5) is 0 Å². The van der Waals surface area contributed by atoms with E-state index in [2.05, 4.69) is 5.32 Å². The Balaban J connectivity index is 4.62. The van der Waals surface area contributed by atoms with Crippen molar-refractivity contribution in [3.05, 3.63) is 0 Å². The van der Waals surface area contributed by atoms with Gasteiger partial charge in [-0.15, -0.1) is 0 Å². The van der Waals surface area contributed by atoms with Crippen LogP contribution in [-0.2, 0) is 4.79 Å². The Morgan fingerprint density at radius 2 is 1.50 bits per heavy atom. The number of aliphatic hydroxyl groups is 1. The van der Waals surface area contributed by atoms with Gasteiger partial charge in [0.1, 0.15) is 7.85 Å². The number of rotatable bonds is 2. The first-order valence-electron chi connectivity index (χ1n) is 4.72. The monoisotopic (exact) mass is 197 g/mol. The van der Waals surface area contributed by atoms with Crippen LogP contribution in [0.3, 0.4) is 0 Å². The number of amides is 1. The number of hydrogen-bond acceptors (Lipinski definition) is 2. The SMILES string of the molecule is [B]C(C)(O)C(C)(C)NC(=O)C(C)(C)C. The van der Waals surface area contributed by atoms with Gasteiger partial charge in [0.05, 0.1) is 5.54 Å². The van der Waals surface area contributed by atoms with Crippen LogP contribution in [0.15, 0.2) is 0 Å². The molecule has 0 rings (SSSR count). The molecule has 1 amide bonds. The smallest absolute Gasteiger partial charge is 0.225 e. The Hall–Kier alpha value is -0.505. The quantitative estimate of drug-likeness (QED) is 0.643. The second kappa shape index (κ2) is 3.57. The molecule has 0 aromatic rings. The van der Waals surface area contributed by atoms with Crippen molar-refractivity contribution in [3.63, 3.8) is 0 Å². The largest absolute Gasteiger partial charge is 0.398 e. The maximum atomic E-state index is 11.6. The zero-order chi connectivity index (χ0) is 11.8. The van der Waals surface area contributed by atoms with Crippen molar-refractivity contribution in [2.45, 2.75) is 52.6 Å². The molecule has 2 N–H and O–H groups in total. The van der Waals surface area contributed by atoms with Crippen molar-refractivity contribution in [1.29, 1.82) is 0 Å². The number of hydrogen-bond donors (Lipinski definition) is 2. The summed E-state index contributed by atoms with van der Waals surface area (Å²) in [5.74, 6) is -0.131. The molecule has 0 aliphatic carbocycles. The summed E-state index contributed by atoms with van der Waals surface area (Å²) in [4.78, 5) is 11.6. The molecule has 2 radical (unpaired) electrons. The fourth-order valence-electron chi connectivity index (χ4n) is 0.598. The molecule has 0 aliphatic heterocycles. The minimum atomic E-state index is -1.44. The average molecular weight is 197 g/mol. The molecule has 80 valence electrons. The Kier molecular flexibility index (Phi) is 3.44. The van der Waals surface area contributed by atoms with E-state index in [1.54, 1.807) is 13.8 Å². The lowest BCUT2D eigenvalue weighted by Crippen LogP contribution is -2.61. The molecule has 0 saturated heterocycles. The van der Waals surface area contributed by atoms with Crippen LogP contribution in [0.5, 0.6) is 0 Å². The number of carbonyl (C=O) groups is 1. The standard InChI is InChI=1S/C10H20BNO2/c1-8(2,3)7(13)12-9(4,5)10(6,11)14/h14H,1-6H3,(H,12,13). The van der Waals surface area contributed by atoms with Crippen molar-refractivity contribution in [3.8, 4) is 0 Å². The molecule has 0 bridgehead atoms. The van der Waals surface area contributed by atoms with E-state index in [9.17, 15) is 9.90 Å². The van der Waals surface area contributed by atoms with Crippen molar-refractivity contribution >= 4 is 13.8 Å². The average Bonchev–Trinajstić information content (AvgIpc) is 1.80. The fraction of sp³-hybridized carbons (Fsp3) is 0.900. The highest BCUT2D eigenvalue weighted by Gasteiger charge is 2.37. The van der Waals surface area contributed by atoms with Gasteiger partial charge in [0.2, 0.25) is 5.91 Å². The fourth-order valence-corrected chi connectivity index (χ4v) is 0.598. The third kappa shape index (κ3) is 3.33. The van der Waals surface area contributed by atoms with E-state index in [1.165, 1.54) is 6.92 Å². The van der Waals surface area contributed by atoms with Crippen LogP contribution in [0.25, 0.3) is 0 Å². The minimum Gasteiger partial charge on any atom is -0.398 e. The van der Waals surface area contributed by atoms with E-state index < -0.39 is 16.5 Å². The van der Waals surface area contributed by atoms with Gasteiger partial charge in [0, 0.05) is 10.9 Å². The minimum absolute atomic E-state index is 0.131. The molecular formula is C10H20BNO2. The summed E-state index contributed by atoms with van der Waals surface area (Å²) in [5, 5.41) is 12.3. The van der Waals surface area contributed by atoms with E-state index in [0.29, 0.717) is 0 Å². The predicted octanol–water partition coefficient (Wildman–Crippen LogP) is 0.804. The Labute approximate surface area is 87.7 Å². The third-order valence-electron chi connectivity index (χ3n) is 2.37. The Morgan fingerprint density at radius 3 is 1.71 bits per heavy atom. The highest BCUT2D eigenvalue weighted by molar-refractivity contribution is 6.15. The van der Waals surface area contributed by atoms with Gasteiger partial charge >= 0.3 is 0 Å². The Morgan fingerprint density at radius 1 is 1.14 bits per heavy atom. The third-order valence-corrected chi connectivity index (χ3v) is 2.37. The molecule has 0 aromatic heterocycles. The van der Waals surface area contributed by atoms with E-state index >= 15 is 0 Å². The van der Waals surface area contributed by atoms with Gasteiger partial charge in [-0.05, 0) is 20.8 Å². The van der Waals surface area contributed by atoms with Crippen molar-refractivity contribution < 1.29 is 9.90 Å². The second-order valence-electron chi connectivity index (χ2n) is 5.48. The van der Waals surface area contributed by atoms with E-state index in [1.807, 2.05) is 20.8 Å². The molecule has 3 nitrogen and oxygen atoms in total. The second-order valence-corrected chi connectivity index (χ2v) is 5.48. The first kappa shape index (κ1) is 13.5. The zero-order valence-corrected chi connectivity index (χ0v) is 9.93. The highest BCUT2D eigenvalue weighted by Crippen LogP contribution is 2.21. The zero-order valence-electron chi connectivity index (χ0n) is 9.93. The molecule has 1 unspecified atom stereocenters. The molecule has 0 spiro atoms. The lowest BCUT2D eigenvalue weighted by Gasteiger charge is -2.40. The van der Waals surface area contributed by atoms with E-state index in [4.69, 9.17) is 7.85 Å². The molecule has 1 atom stereocenters. The van der Waals surface area contributed by atoms with Crippen LogP contribution >= 0.6 is 0 Å². The maximum absolute atomic E-state index is 11.6. The first-order chi connectivity index (χ1) is 5.88. The molecule has 0 aliphatic rings. The predicted molar refractivity (Wildman–Crippen MR) is 58.1 cm³/mol. The summed E-state index contributed by atoms with van der Waals surface area (Å²) in [7, 11) is 5.55. The molecular weight excluding hydrogens is 177 g/mol. The van der Waals surface area contributed by atoms with Gasteiger partial charge in [0.25, 0.3) is 0 Å². The van der Waals surface area contributed by atoms with Gasteiger partial charge in [-0.3, -0.25) is 4.79 Å². The summed E-state index contributed by atoms with van der Waals surface area (Å²) in [6.45, 7) is 10.3. The normalized spacial score (nSPS) is 17.4. The molecule has 0 saturated carbocycles. The van der Waals surface area contributed by atoms with Crippen LogP contribution in [-0.4, -0.2) is 29.9 Å². The molecule has 14 heavy (non-hydrogen) atoms. The van der Waals surface area contributed by atoms with Crippen molar-refractivity contribution in [2.24, 2.45) is 5.41 Å². The van der Waals surface area contributed by atoms with Crippen LogP contribution in [0.2, 0.25) is 0 Å². The number of nitrogens with one attached hydrogen (secondary N) is 1. The summed E-state index contributed by atoms with van der Waals surface area (Å²) < 4.78 is 0. The van der Waals surface area contributed by atoms with Gasteiger partial charge in [-0.1, -0.05) is 20.8 Å². The summed E-state index contributed by atoms with van der Waals surface area (Å²) >= 11 is 0. The van der Waals surface area contributed by atoms with Crippen LogP contribution in [0, 0.1) is 5.41 Å². The van der Waals surface area contributed by atoms with Crippen molar-refractivity contribution in [1.82, 2.24) is 5.32 Å². The number of carbonyl (C=O) groups excluding carboxylic acids is 1. The summed E-state index contributed by atoms with van der Waals surface area (Å²) in [6, 6.07) is 0. The van der Waals surface area contributed by atoms with E-state index in [0.717, 1.165) is 0 Å². The molecule has 0 heterocycles. The molecule has 4 heteroatoms. The summed E-state index contributed by atoms with van der Waals surface area (Å²) in [5.41, 5.74) is -2.77. The van der Waals surface area contributed by atoms with Crippen LogP contribution < -0.4 is 5.32 Å². The molecule has 0 fully saturated rings. The first-order valence-corrected chi connectivity index (χ1v) is 4.72. The van der Waals surface area contributed by atoms with Gasteiger partial charge in [0.15, 0.2) is 0 Å². The van der Waals surface area contributed by atoms with Crippen molar-refractivity contribution in [2.75, 3.05) is 0 Å². The summed E-state index contributed by atoms with van der Waals surface area (Å²) in [6.07, 6.45) is 0. The van der Waals surface area contributed by atoms with Crippen LogP contribution in [0.1, 0.15) is 41.5 Å². The lowest BCUT2D eigenvalue weighted by atomic mass is 9.69. The topological polar surface area (TPSA) is 49.3 Å². The highest BCUT2D eigenvalue weighted by atomic mass is 16.3. The van der Waals surface area contributed by atoms with Gasteiger partial charge in [-0.2, -0.15) is 0 Å². The molecule has 0 aromatic carbocycles. The Bertz CT molecular complexity index is 223. The maximum Gasteiger partial charge on any atom is 0.225 e. The van der Waals surface area contributed by atoms with Gasteiger partial charge in [-0.25, -0.2) is 0 Å². The lowest BCUT2D eigenvalue weighted by molar-refractivity contribution is -0.132. The van der Waals surface area contributed by atoms with Gasteiger partial charge < -0.3 is 10.4 Å². The van der Waals surface area contributed by atoms with E-state index in [-0.39, 0.29) is 5.91 Å².